The van der Waals surface area contributed by atoms with E-state index in [2.05, 4.69) is 6.58 Å². The van der Waals surface area contributed by atoms with Gasteiger partial charge in [-0.25, -0.2) is 13.6 Å². The van der Waals surface area contributed by atoms with E-state index in [4.69, 9.17) is 5.11 Å². The molecule has 0 heterocycles. The lowest BCUT2D eigenvalue weighted by molar-refractivity contribution is -0.116. The van der Waals surface area contributed by atoms with Gasteiger partial charge in [-0.1, -0.05) is 6.58 Å². The number of carbonyl (C=O) groups is 2. The third-order valence-corrected chi connectivity index (χ3v) is 2.20. The van der Waals surface area contributed by atoms with Crippen LogP contribution < -0.4 is 5.32 Å². The second-order valence-electron chi connectivity index (χ2n) is 3.59. The van der Waals surface area contributed by atoms with E-state index in [0.717, 1.165) is 18.2 Å². The van der Waals surface area contributed by atoms with Gasteiger partial charge < -0.3 is 10.4 Å². The fourth-order valence-electron chi connectivity index (χ4n) is 1.48. The van der Waals surface area contributed by atoms with Gasteiger partial charge in [-0.15, -0.1) is 0 Å². The van der Waals surface area contributed by atoms with Gasteiger partial charge >= 0.3 is 6.09 Å². The van der Waals surface area contributed by atoms with Crippen molar-refractivity contribution in [1.29, 1.82) is 0 Å². The van der Waals surface area contributed by atoms with Crippen molar-refractivity contribution in [1.82, 2.24) is 5.32 Å². The lowest BCUT2D eigenvalue weighted by atomic mass is 10.0. The Hall–Kier alpha value is -2.24. The summed E-state index contributed by atoms with van der Waals surface area (Å²) in [7, 11) is 0. The van der Waals surface area contributed by atoms with Crippen molar-refractivity contribution < 1.29 is 23.5 Å². The third kappa shape index (κ3) is 3.97. The van der Waals surface area contributed by atoms with Crippen LogP contribution in [0.3, 0.4) is 0 Å². The number of rotatable bonds is 5. The molecule has 96 valence electrons. The third-order valence-electron chi connectivity index (χ3n) is 2.20. The SMILES string of the molecule is C=CC(=O)[C@H](Cc1cc(F)cc(F)c1)NC(=O)O. The summed E-state index contributed by atoms with van der Waals surface area (Å²) < 4.78 is 25.9. The van der Waals surface area contributed by atoms with Crippen molar-refractivity contribution in [3.63, 3.8) is 0 Å². The van der Waals surface area contributed by atoms with Crippen LogP contribution in [0.15, 0.2) is 30.9 Å². The Bertz CT molecular complexity index is 468. The topological polar surface area (TPSA) is 66.4 Å². The average molecular weight is 255 g/mol. The van der Waals surface area contributed by atoms with E-state index in [1.807, 2.05) is 5.32 Å². The van der Waals surface area contributed by atoms with Crippen molar-refractivity contribution in [3.8, 4) is 0 Å². The monoisotopic (exact) mass is 255 g/mol. The second kappa shape index (κ2) is 5.90. The number of ketones is 1. The number of halogens is 2. The fraction of sp³-hybridized carbons (Fsp3) is 0.167. The molecule has 1 aromatic rings. The highest BCUT2D eigenvalue weighted by molar-refractivity contribution is 5.95. The van der Waals surface area contributed by atoms with Crippen LogP contribution >= 0.6 is 0 Å². The molecule has 0 fully saturated rings. The van der Waals surface area contributed by atoms with Crippen LogP contribution in [-0.2, 0) is 11.2 Å². The van der Waals surface area contributed by atoms with Crippen molar-refractivity contribution in [2.45, 2.75) is 12.5 Å². The Morgan fingerprint density at radius 3 is 2.33 bits per heavy atom. The summed E-state index contributed by atoms with van der Waals surface area (Å²) in [5.74, 6) is -2.14. The molecule has 6 heteroatoms. The molecule has 1 amide bonds. The summed E-state index contributed by atoms with van der Waals surface area (Å²) in [6.07, 6.45) is -0.589. The zero-order valence-corrected chi connectivity index (χ0v) is 9.32. The van der Waals surface area contributed by atoms with Crippen molar-refractivity contribution in [2.24, 2.45) is 0 Å². The molecule has 1 atom stereocenters. The van der Waals surface area contributed by atoms with Gasteiger partial charge in [0.2, 0.25) is 0 Å². The minimum absolute atomic E-state index is 0.147. The molecule has 4 nitrogen and oxygen atoms in total. The van der Waals surface area contributed by atoms with Gasteiger partial charge in [-0.2, -0.15) is 0 Å². The Balaban J connectivity index is 2.91. The van der Waals surface area contributed by atoms with E-state index >= 15 is 0 Å². The molecule has 0 bridgehead atoms. The summed E-state index contributed by atoms with van der Waals surface area (Å²) in [4.78, 5) is 21.9. The van der Waals surface area contributed by atoms with E-state index in [9.17, 15) is 18.4 Å². The van der Waals surface area contributed by atoms with E-state index < -0.39 is 29.6 Å². The molecule has 0 unspecified atom stereocenters. The molecule has 0 aliphatic rings. The highest BCUT2D eigenvalue weighted by atomic mass is 19.1. The Labute approximate surface area is 102 Å². The van der Waals surface area contributed by atoms with Crippen LogP contribution in [0.25, 0.3) is 0 Å². The van der Waals surface area contributed by atoms with Gasteiger partial charge in [0.15, 0.2) is 5.78 Å². The molecule has 1 rings (SSSR count). The lowest BCUT2D eigenvalue weighted by Crippen LogP contribution is -2.40. The predicted molar refractivity (Wildman–Crippen MR) is 60.2 cm³/mol. The normalized spacial score (nSPS) is 11.7. The molecule has 0 aliphatic heterocycles. The van der Waals surface area contributed by atoms with E-state index in [1.54, 1.807) is 0 Å². The van der Waals surface area contributed by atoms with Crippen LogP contribution in [0.1, 0.15) is 5.56 Å². The first-order chi connectivity index (χ1) is 8.42. The van der Waals surface area contributed by atoms with Crippen LogP contribution in [-0.4, -0.2) is 23.0 Å². The van der Waals surface area contributed by atoms with Gasteiger partial charge in [0.1, 0.15) is 11.6 Å². The first kappa shape index (κ1) is 13.8. The zero-order chi connectivity index (χ0) is 13.7. The number of carbonyl (C=O) groups excluding carboxylic acids is 1. The van der Waals surface area contributed by atoms with Gasteiger partial charge in [-0.05, 0) is 23.8 Å². The van der Waals surface area contributed by atoms with E-state index in [0.29, 0.717) is 6.07 Å². The lowest BCUT2D eigenvalue weighted by Gasteiger charge is -2.14. The molecule has 18 heavy (non-hydrogen) atoms. The molecule has 0 radical (unpaired) electrons. The number of amides is 1. The molecular formula is C12H11F2NO3. The van der Waals surface area contributed by atoms with Crippen LogP contribution in [0, 0.1) is 11.6 Å². The highest BCUT2D eigenvalue weighted by Crippen LogP contribution is 2.10. The maximum absolute atomic E-state index is 12.9. The average Bonchev–Trinajstić information content (AvgIpc) is 2.25. The van der Waals surface area contributed by atoms with Crippen molar-refractivity contribution in [3.05, 3.63) is 48.1 Å². The largest absolute Gasteiger partial charge is 0.465 e. The summed E-state index contributed by atoms with van der Waals surface area (Å²) in [5.41, 5.74) is 0.182. The van der Waals surface area contributed by atoms with Crippen LogP contribution in [0.4, 0.5) is 13.6 Å². The van der Waals surface area contributed by atoms with Crippen LogP contribution in [0.5, 0.6) is 0 Å². The minimum Gasteiger partial charge on any atom is -0.465 e. The molecule has 2 N–H and O–H groups in total. The molecule has 0 saturated heterocycles. The van der Waals surface area contributed by atoms with Gasteiger partial charge in [-0.3, -0.25) is 4.79 Å². The first-order valence-corrected chi connectivity index (χ1v) is 5.03. The standard InChI is InChI=1S/C12H11F2NO3/c1-2-11(16)10(15-12(17)18)5-7-3-8(13)6-9(14)4-7/h2-4,6,10,15H,1,5H2,(H,17,18)/t10-/m0/s1. The summed E-state index contributed by atoms with van der Waals surface area (Å²) in [5, 5.41) is 10.5. The number of hydrogen-bond acceptors (Lipinski definition) is 2. The molecule has 0 spiro atoms. The van der Waals surface area contributed by atoms with E-state index in [-0.39, 0.29) is 12.0 Å². The smallest absolute Gasteiger partial charge is 0.405 e. The second-order valence-corrected chi connectivity index (χ2v) is 3.59. The number of nitrogens with one attached hydrogen (secondary N) is 1. The predicted octanol–water partition coefficient (Wildman–Crippen LogP) is 1.90. The maximum Gasteiger partial charge on any atom is 0.405 e. The molecule has 1 aromatic carbocycles. The number of carboxylic acid groups (broad SMARTS) is 1. The minimum atomic E-state index is -1.40. The number of hydrogen-bond donors (Lipinski definition) is 2. The molecular weight excluding hydrogens is 244 g/mol. The first-order valence-electron chi connectivity index (χ1n) is 5.03. The summed E-state index contributed by atoms with van der Waals surface area (Å²) in [6, 6.07) is 1.66. The Morgan fingerprint density at radius 1 is 1.33 bits per heavy atom. The van der Waals surface area contributed by atoms with E-state index in [1.165, 1.54) is 0 Å². The number of benzene rings is 1. The summed E-state index contributed by atoms with van der Waals surface area (Å²) in [6.45, 7) is 3.23. The molecule has 0 aromatic heterocycles. The van der Waals surface area contributed by atoms with Crippen LogP contribution in [0.2, 0.25) is 0 Å². The summed E-state index contributed by atoms with van der Waals surface area (Å²) >= 11 is 0. The van der Waals surface area contributed by atoms with Gasteiger partial charge in [0, 0.05) is 12.5 Å². The van der Waals surface area contributed by atoms with Crippen molar-refractivity contribution in [2.75, 3.05) is 0 Å². The Morgan fingerprint density at radius 2 is 1.89 bits per heavy atom. The molecule has 0 aliphatic carbocycles. The fourth-order valence-corrected chi connectivity index (χ4v) is 1.48. The maximum atomic E-state index is 12.9. The van der Waals surface area contributed by atoms with Gasteiger partial charge in [0.25, 0.3) is 0 Å². The quantitative estimate of drug-likeness (QED) is 0.790. The Kier molecular flexibility index (Phi) is 4.53. The highest BCUT2D eigenvalue weighted by Gasteiger charge is 2.19. The van der Waals surface area contributed by atoms with Crippen molar-refractivity contribution >= 4 is 11.9 Å². The van der Waals surface area contributed by atoms with Gasteiger partial charge in [0.05, 0.1) is 6.04 Å². The zero-order valence-electron chi connectivity index (χ0n) is 9.32. The molecule has 0 saturated carbocycles.